The lowest BCUT2D eigenvalue weighted by Crippen LogP contribution is -2.46. The second-order valence-corrected chi connectivity index (χ2v) is 8.08. The van der Waals surface area contributed by atoms with E-state index in [1.165, 1.54) is 20.5 Å². The summed E-state index contributed by atoms with van der Waals surface area (Å²) in [5.41, 5.74) is 1.24. The van der Waals surface area contributed by atoms with E-state index >= 15 is 0 Å². The molecule has 2 unspecified atom stereocenters. The highest BCUT2D eigenvalue weighted by molar-refractivity contribution is 7.17. The normalized spacial score (nSPS) is 20.2. The van der Waals surface area contributed by atoms with Gasteiger partial charge in [-0.15, -0.1) is 22.7 Å². The van der Waals surface area contributed by atoms with Crippen molar-refractivity contribution in [2.24, 2.45) is 0 Å². The lowest BCUT2D eigenvalue weighted by atomic mass is 9.95. The van der Waals surface area contributed by atoms with Crippen molar-refractivity contribution < 1.29 is 9.90 Å². The van der Waals surface area contributed by atoms with Crippen molar-refractivity contribution in [3.05, 3.63) is 57.6 Å². The first-order valence-corrected chi connectivity index (χ1v) is 9.99. The molecule has 5 heteroatoms. The monoisotopic (exact) mass is 357 g/mol. The molecule has 1 N–H and O–H groups in total. The number of aliphatic carboxylic acids is 1. The predicted octanol–water partition coefficient (Wildman–Crippen LogP) is 4.99. The quantitative estimate of drug-likeness (QED) is 0.715. The van der Waals surface area contributed by atoms with Crippen LogP contribution in [0.25, 0.3) is 10.1 Å². The first-order chi connectivity index (χ1) is 11.8. The van der Waals surface area contributed by atoms with E-state index in [0.717, 1.165) is 25.8 Å². The zero-order valence-corrected chi connectivity index (χ0v) is 14.9. The second-order valence-electron chi connectivity index (χ2n) is 6.19. The highest BCUT2D eigenvalue weighted by Gasteiger charge is 2.36. The number of carbonyl (C=O) groups is 1. The van der Waals surface area contributed by atoms with Crippen molar-refractivity contribution in [1.82, 2.24) is 4.90 Å². The van der Waals surface area contributed by atoms with Crippen LogP contribution in [0.3, 0.4) is 0 Å². The highest BCUT2D eigenvalue weighted by atomic mass is 32.1. The summed E-state index contributed by atoms with van der Waals surface area (Å²) in [6.07, 6.45) is 2.79. The minimum absolute atomic E-state index is 0.0301. The van der Waals surface area contributed by atoms with E-state index in [-0.39, 0.29) is 6.04 Å². The van der Waals surface area contributed by atoms with E-state index in [4.69, 9.17) is 0 Å². The van der Waals surface area contributed by atoms with E-state index in [1.54, 1.807) is 22.7 Å². The lowest BCUT2D eigenvalue weighted by Gasteiger charge is -2.38. The van der Waals surface area contributed by atoms with Crippen molar-refractivity contribution >= 4 is 38.7 Å². The summed E-state index contributed by atoms with van der Waals surface area (Å²) in [6, 6.07) is 12.2. The van der Waals surface area contributed by atoms with Crippen LogP contribution in [0, 0.1) is 0 Å². The van der Waals surface area contributed by atoms with E-state index in [9.17, 15) is 9.90 Å². The van der Waals surface area contributed by atoms with E-state index in [2.05, 4.69) is 52.1 Å². The molecule has 4 rings (SSSR count). The van der Waals surface area contributed by atoms with Crippen LogP contribution in [0.4, 0.5) is 0 Å². The van der Waals surface area contributed by atoms with Crippen LogP contribution in [0.15, 0.2) is 47.2 Å². The van der Waals surface area contributed by atoms with Crippen LogP contribution in [-0.2, 0) is 4.79 Å². The zero-order valence-electron chi connectivity index (χ0n) is 13.2. The molecule has 0 bridgehead atoms. The van der Waals surface area contributed by atoms with Crippen LogP contribution in [0.2, 0.25) is 0 Å². The fraction of sp³-hybridized carbons (Fsp3) is 0.316. The molecule has 0 radical (unpaired) electrons. The summed E-state index contributed by atoms with van der Waals surface area (Å²) in [4.78, 5) is 15.3. The molecule has 2 atom stereocenters. The Morgan fingerprint density at radius 3 is 2.83 bits per heavy atom. The van der Waals surface area contributed by atoms with Gasteiger partial charge in [0.25, 0.3) is 0 Å². The predicted molar refractivity (Wildman–Crippen MR) is 100.0 cm³/mol. The third-order valence-corrected chi connectivity index (χ3v) is 6.69. The molecule has 24 heavy (non-hydrogen) atoms. The van der Waals surface area contributed by atoms with Gasteiger partial charge in [0.1, 0.15) is 6.04 Å². The maximum Gasteiger partial charge on any atom is 0.320 e. The number of thiophene rings is 2. The van der Waals surface area contributed by atoms with Gasteiger partial charge >= 0.3 is 5.97 Å². The summed E-state index contributed by atoms with van der Waals surface area (Å²) in [5.74, 6) is -0.698. The van der Waals surface area contributed by atoms with Crippen LogP contribution in [0.1, 0.15) is 35.7 Å². The summed E-state index contributed by atoms with van der Waals surface area (Å²) in [7, 11) is 0. The fourth-order valence-corrected chi connectivity index (χ4v) is 5.52. The average molecular weight is 358 g/mol. The Labute approximate surface area is 149 Å². The number of hydrogen-bond acceptors (Lipinski definition) is 4. The number of hydrogen-bond donors (Lipinski definition) is 1. The molecule has 1 saturated heterocycles. The molecule has 0 spiro atoms. The summed E-state index contributed by atoms with van der Waals surface area (Å²) < 4.78 is 1.26. The molecule has 3 heterocycles. The maximum atomic E-state index is 11.8. The van der Waals surface area contributed by atoms with Crippen molar-refractivity contribution in [2.45, 2.75) is 31.3 Å². The summed E-state index contributed by atoms with van der Waals surface area (Å²) in [5, 5.41) is 15.3. The average Bonchev–Trinajstić information content (AvgIpc) is 3.26. The highest BCUT2D eigenvalue weighted by Crippen LogP contribution is 2.41. The van der Waals surface area contributed by atoms with Gasteiger partial charge in [0, 0.05) is 9.58 Å². The van der Waals surface area contributed by atoms with Gasteiger partial charge in [-0.1, -0.05) is 30.7 Å². The van der Waals surface area contributed by atoms with Crippen LogP contribution in [-0.4, -0.2) is 28.6 Å². The molecule has 1 aromatic carbocycles. The molecule has 124 valence electrons. The minimum Gasteiger partial charge on any atom is -0.480 e. The molecule has 3 aromatic rings. The van der Waals surface area contributed by atoms with Crippen molar-refractivity contribution in [2.75, 3.05) is 6.54 Å². The summed E-state index contributed by atoms with van der Waals surface area (Å²) >= 11 is 3.46. The largest absolute Gasteiger partial charge is 0.480 e. The molecule has 3 nitrogen and oxygen atoms in total. The van der Waals surface area contributed by atoms with Gasteiger partial charge in [0.05, 0.1) is 6.04 Å². The number of carboxylic acids is 1. The first-order valence-electron chi connectivity index (χ1n) is 8.24. The number of nitrogens with zero attached hydrogens (tertiary/aromatic N) is 1. The Morgan fingerprint density at radius 1 is 1.17 bits per heavy atom. The van der Waals surface area contributed by atoms with E-state index < -0.39 is 12.0 Å². The number of piperidine rings is 1. The van der Waals surface area contributed by atoms with Gasteiger partial charge < -0.3 is 5.11 Å². The van der Waals surface area contributed by atoms with Crippen molar-refractivity contribution in [3.8, 4) is 0 Å². The molecule has 0 aliphatic carbocycles. The van der Waals surface area contributed by atoms with Gasteiger partial charge in [-0.25, -0.2) is 0 Å². The number of rotatable bonds is 4. The third-order valence-electron chi connectivity index (χ3n) is 4.78. The van der Waals surface area contributed by atoms with Crippen molar-refractivity contribution in [3.63, 3.8) is 0 Å². The van der Waals surface area contributed by atoms with Crippen LogP contribution < -0.4 is 0 Å². The standard InChI is InChI=1S/C19H19NO2S2/c21-19(22)15-7-3-4-10-20(15)18(17-9-5-11-23-17)14-12-24-16-8-2-1-6-13(14)16/h1-2,5-6,8-9,11-12,15,18H,3-4,7,10H2,(H,21,22). The SMILES string of the molecule is O=C(O)C1CCCCN1C(c1cccs1)c1csc2ccccc12. The number of carboxylic acid groups (broad SMARTS) is 1. The Kier molecular flexibility index (Phi) is 4.39. The number of benzene rings is 1. The molecule has 1 aliphatic heterocycles. The first kappa shape index (κ1) is 15.8. The van der Waals surface area contributed by atoms with Gasteiger partial charge in [0.15, 0.2) is 0 Å². The Morgan fingerprint density at radius 2 is 2.04 bits per heavy atom. The topological polar surface area (TPSA) is 40.5 Å². The van der Waals surface area contributed by atoms with Crippen molar-refractivity contribution in [1.29, 1.82) is 0 Å². The zero-order chi connectivity index (χ0) is 16.5. The summed E-state index contributed by atoms with van der Waals surface area (Å²) in [6.45, 7) is 0.837. The van der Waals surface area contributed by atoms with Gasteiger partial charge in [-0.3, -0.25) is 9.69 Å². The van der Waals surface area contributed by atoms with E-state index in [1.807, 2.05) is 0 Å². The maximum absolute atomic E-state index is 11.8. The van der Waals surface area contributed by atoms with Gasteiger partial charge in [0.2, 0.25) is 0 Å². The second kappa shape index (κ2) is 6.67. The molecule has 1 fully saturated rings. The molecule has 2 aromatic heterocycles. The molecule has 1 aliphatic rings. The number of likely N-dealkylation sites (tertiary alicyclic amines) is 1. The van der Waals surface area contributed by atoms with Gasteiger partial charge in [-0.05, 0) is 53.2 Å². The van der Waals surface area contributed by atoms with Crippen LogP contribution in [0.5, 0.6) is 0 Å². The van der Waals surface area contributed by atoms with Gasteiger partial charge in [-0.2, -0.15) is 0 Å². The minimum atomic E-state index is -0.698. The molecular weight excluding hydrogens is 338 g/mol. The fourth-order valence-electron chi connectivity index (χ4n) is 3.68. The Hall–Kier alpha value is -1.69. The Balaban J connectivity index is 1.84. The third kappa shape index (κ3) is 2.77. The van der Waals surface area contributed by atoms with Crippen LogP contribution >= 0.6 is 22.7 Å². The Bertz CT molecular complexity index is 840. The molecular formula is C19H19NO2S2. The molecule has 0 saturated carbocycles. The molecule has 0 amide bonds. The number of fused-ring (bicyclic) bond motifs is 1. The smallest absolute Gasteiger partial charge is 0.320 e. The van der Waals surface area contributed by atoms with E-state index in [0.29, 0.717) is 0 Å². The lowest BCUT2D eigenvalue weighted by molar-refractivity contribution is -0.145.